The Bertz CT molecular complexity index is 1190. The molecule has 152 valence electrons. The van der Waals surface area contributed by atoms with Gasteiger partial charge in [-0.2, -0.15) is 5.10 Å². The van der Waals surface area contributed by atoms with Crippen LogP contribution in [-0.4, -0.2) is 28.0 Å². The van der Waals surface area contributed by atoms with Gasteiger partial charge < -0.3 is 15.4 Å². The molecule has 0 bridgehead atoms. The lowest BCUT2D eigenvalue weighted by molar-refractivity contribution is -0.274. The lowest BCUT2D eigenvalue weighted by atomic mass is 9.72. The van der Waals surface area contributed by atoms with E-state index in [0.29, 0.717) is 28.3 Å². The van der Waals surface area contributed by atoms with E-state index in [0.717, 1.165) is 12.1 Å². The van der Waals surface area contributed by atoms with Gasteiger partial charge in [-0.15, -0.1) is 13.2 Å². The van der Waals surface area contributed by atoms with Crippen LogP contribution in [0.2, 0.25) is 0 Å². The van der Waals surface area contributed by atoms with Crippen molar-refractivity contribution in [1.82, 2.24) is 9.78 Å². The van der Waals surface area contributed by atoms with E-state index < -0.39 is 11.8 Å². The maximum absolute atomic E-state index is 13.0. The van der Waals surface area contributed by atoms with E-state index in [1.165, 1.54) is 23.0 Å². The molecule has 1 spiro atoms. The predicted octanol–water partition coefficient (Wildman–Crippen LogP) is 3.35. The van der Waals surface area contributed by atoms with Gasteiger partial charge in [0.25, 0.3) is 0 Å². The second-order valence-corrected chi connectivity index (χ2v) is 6.99. The number of carbonyl (C=O) groups is 2. The highest BCUT2D eigenvalue weighted by Crippen LogP contribution is 2.50. The molecule has 0 radical (unpaired) electrons. The molecule has 0 aliphatic carbocycles. The summed E-state index contributed by atoms with van der Waals surface area (Å²) in [5, 5.41) is 9.84. The van der Waals surface area contributed by atoms with E-state index in [1.807, 2.05) is 0 Å². The molecule has 10 heteroatoms. The van der Waals surface area contributed by atoms with E-state index in [1.54, 1.807) is 24.3 Å². The number of benzene rings is 2. The molecule has 2 aliphatic heterocycles. The van der Waals surface area contributed by atoms with E-state index >= 15 is 0 Å². The van der Waals surface area contributed by atoms with Gasteiger partial charge in [-0.3, -0.25) is 9.59 Å². The fraction of sp³-hybridized carbons (Fsp3) is 0.150. The number of ether oxygens (including phenoxy) is 1. The molecule has 1 aromatic heterocycles. The van der Waals surface area contributed by atoms with E-state index in [2.05, 4.69) is 20.5 Å². The SMILES string of the molecule is O=C1CC2(C(=O)Nc3ccccc32)c2cnn(-c3ccc(OC(F)(F)F)cc3)c2N1. The summed E-state index contributed by atoms with van der Waals surface area (Å²) in [6.07, 6.45) is -3.38. The van der Waals surface area contributed by atoms with Crippen molar-refractivity contribution in [3.8, 4) is 11.4 Å². The molecule has 0 saturated carbocycles. The van der Waals surface area contributed by atoms with Crippen LogP contribution >= 0.6 is 0 Å². The average Bonchev–Trinajstić information content (AvgIpc) is 3.22. The number of amides is 2. The van der Waals surface area contributed by atoms with Crippen molar-refractivity contribution in [2.75, 3.05) is 10.6 Å². The van der Waals surface area contributed by atoms with Crippen molar-refractivity contribution in [3.63, 3.8) is 0 Å². The van der Waals surface area contributed by atoms with Crippen molar-refractivity contribution in [3.05, 3.63) is 65.9 Å². The van der Waals surface area contributed by atoms with Gasteiger partial charge in [-0.25, -0.2) is 4.68 Å². The minimum absolute atomic E-state index is 0.0765. The third-order valence-corrected chi connectivity index (χ3v) is 5.25. The number of alkyl halides is 3. The minimum atomic E-state index is -4.80. The highest BCUT2D eigenvalue weighted by molar-refractivity contribution is 6.14. The van der Waals surface area contributed by atoms with Crippen LogP contribution in [-0.2, 0) is 15.0 Å². The first-order chi connectivity index (χ1) is 14.3. The Morgan fingerprint density at radius 3 is 2.47 bits per heavy atom. The summed E-state index contributed by atoms with van der Waals surface area (Å²) in [5.74, 6) is -0.777. The monoisotopic (exact) mass is 414 g/mol. The minimum Gasteiger partial charge on any atom is -0.406 e. The van der Waals surface area contributed by atoms with Gasteiger partial charge in [-0.05, 0) is 35.9 Å². The maximum atomic E-state index is 13.0. The molecule has 2 aliphatic rings. The summed E-state index contributed by atoms with van der Waals surface area (Å²) in [4.78, 5) is 25.5. The van der Waals surface area contributed by atoms with Crippen molar-refractivity contribution in [1.29, 1.82) is 0 Å². The van der Waals surface area contributed by atoms with Crippen molar-refractivity contribution in [2.45, 2.75) is 18.2 Å². The van der Waals surface area contributed by atoms with Crippen molar-refractivity contribution >= 4 is 23.3 Å². The summed E-state index contributed by atoms with van der Waals surface area (Å²) in [6.45, 7) is 0. The Morgan fingerprint density at radius 2 is 1.73 bits per heavy atom. The van der Waals surface area contributed by atoms with Crippen LogP contribution in [0.15, 0.2) is 54.7 Å². The molecule has 3 heterocycles. The number of carbonyl (C=O) groups excluding carboxylic acids is 2. The van der Waals surface area contributed by atoms with Gasteiger partial charge >= 0.3 is 6.36 Å². The quantitative estimate of drug-likeness (QED) is 0.674. The molecule has 5 rings (SSSR count). The Balaban J connectivity index is 1.61. The van der Waals surface area contributed by atoms with E-state index in [4.69, 9.17) is 0 Å². The molecular formula is C20H13F3N4O3. The zero-order chi connectivity index (χ0) is 21.1. The second-order valence-electron chi connectivity index (χ2n) is 6.99. The second kappa shape index (κ2) is 6.09. The summed E-state index contributed by atoms with van der Waals surface area (Å²) in [7, 11) is 0. The molecule has 2 N–H and O–H groups in total. The number of rotatable bonds is 2. The normalized spacial score (nSPS) is 19.8. The predicted molar refractivity (Wildman–Crippen MR) is 99.3 cm³/mol. The van der Waals surface area contributed by atoms with Crippen LogP contribution in [0.5, 0.6) is 5.75 Å². The van der Waals surface area contributed by atoms with Crippen LogP contribution in [0, 0.1) is 0 Å². The van der Waals surface area contributed by atoms with Crippen molar-refractivity contribution < 1.29 is 27.5 Å². The van der Waals surface area contributed by atoms with Crippen LogP contribution in [0.4, 0.5) is 24.7 Å². The molecule has 1 unspecified atom stereocenters. The molecule has 30 heavy (non-hydrogen) atoms. The number of para-hydroxylation sites is 1. The highest BCUT2D eigenvalue weighted by atomic mass is 19.4. The first-order valence-electron chi connectivity index (χ1n) is 8.93. The fourth-order valence-corrected chi connectivity index (χ4v) is 4.04. The number of hydrogen-bond acceptors (Lipinski definition) is 4. The lowest BCUT2D eigenvalue weighted by Gasteiger charge is -2.31. The Hall–Kier alpha value is -3.82. The van der Waals surface area contributed by atoms with Crippen LogP contribution < -0.4 is 15.4 Å². The number of hydrogen-bond donors (Lipinski definition) is 2. The summed E-state index contributed by atoms with van der Waals surface area (Å²) < 4.78 is 42.4. The number of halogens is 3. The number of fused-ring (bicyclic) bond motifs is 4. The van der Waals surface area contributed by atoms with Gasteiger partial charge in [-0.1, -0.05) is 18.2 Å². The first kappa shape index (κ1) is 18.2. The fourth-order valence-electron chi connectivity index (χ4n) is 4.04. The zero-order valence-corrected chi connectivity index (χ0v) is 15.2. The lowest BCUT2D eigenvalue weighted by Crippen LogP contribution is -2.43. The van der Waals surface area contributed by atoms with Crippen LogP contribution in [0.1, 0.15) is 17.5 Å². The van der Waals surface area contributed by atoms with Gasteiger partial charge in [0.05, 0.1) is 11.9 Å². The Kier molecular flexibility index (Phi) is 3.70. The van der Waals surface area contributed by atoms with Gasteiger partial charge in [0.15, 0.2) is 0 Å². The van der Waals surface area contributed by atoms with Crippen LogP contribution in [0.25, 0.3) is 5.69 Å². The summed E-state index contributed by atoms with van der Waals surface area (Å²) in [5.41, 5.74) is 1.00. The number of anilines is 2. The molecule has 1 atom stereocenters. The Morgan fingerprint density at radius 1 is 1.00 bits per heavy atom. The molecule has 7 nitrogen and oxygen atoms in total. The van der Waals surface area contributed by atoms with E-state index in [-0.39, 0.29) is 24.0 Å². The van der Waals surface area contributed by atoms with E-state index in [9.17, 15) is 22.8 Å². The highest BCUT2D eigenvalue weighted by Gasteiger charge is 2.54. The van der Waals surface area contributed by atoms with Gasteiger partial charge in [0, 0.05) is 17.7 Å². The standard InChI is InChI=1S/C20H13F3N4O3/c21-20(22,23)30-12-7-5-11(6-8-12)27-17-14(10-24-27)19(9-16(28)26-17)13-3-1-2-4-15(13)25-18(19)29/h1-8,10H,9H2,(H,25,29)(H,26,28). The third-order valence-electron chi connectivity index (χ3n) is 5.25. The zero-order valence-electron chi connectivity index (χ0n) is 15.2. The summed E-state index contributed by atoms with van der Waals surface area (Å²) >= 11 is 0. The molecule has 0 saturated heterocycles. The molecule has 2 amide bonds. The third kappa shape index (κ3) is 2.64. The summed E-state index contributed by atoms with van der Waals surface area (Å²) in [6, 6.07) is 12.2. The smallest absolute Gasteiger partial charge is 0.406 e. The number of nitrogens with zero attached hydrogens (tertiary/aromatic N) is 2. The average molecular weight is 414 g/mol. The molecule has 3 aromatic rings. The molecule has 2 aromatic carbocycles. The van der Waals surface area contributed by atoms with Gasteiger partial charge in [0.1, 0.15) is 17.0 Å². The first-order valence-corrected chi connectivity index (χ1v) is 8.93. The molecule has 0 fully saturated rings. The largest absolute Gasteiger partial charge is 0.573 e. The molecular weight excluding hydrogens is 401 g/mol. The van der Waals surface area contributed by atoms with Crippen LogP contribution in [0.3, 0.4) is 0 Å². The Labute approximate surface area is 167 Å². The number of nitrogens with one attached hydrogen (secondary N) is 2. The topological polar surface area (TPSA) is 85.2 Å². The van der Waals surface area contributed by atoms with Gasteiger partial charge in [0.2, 0.25) is 11.8 Å². The maximum Gasteiger partial charge on any atom is 0.573 e. The van der Waals surface area contributed by atoms with Crippen molar-refractivity contribution in [2.24, 2.45) is 0 Å². The number of aromatic nitrogens is 2.